The number of hydrogen-bond acceptors (Lipinski definition) is 3. The quantitative estimate of drug-likeness (QED) is 0.917. The summed E-state index contributed by atoms with van der Waals surface area (Å²) in [5.41, 5.74) is 0. The highest BCUT2D eigenvalue weighted by atomic mass is 35.5. The molecule has 2 saturated heterocycles. The highest BCUT2D eigenvalue weighted by Crippen LogP contribution is 2.24. The van der Waals surface area contributed by atoms with E-state index in [1.165, 1.54) is 32.5 Å². The zero-order valence-corrected chi connectivity index (χ0v) is 11.9. The van der Waals surface area contributed by atoms with Crippen LogP contribution in [0.15, 0.2) is 24.3 Å². The first-order chi connectivity index (χ1) is 9.31. The van der Waals surface area contributed by atoms with Gasteiger partial charge in [-0.15, -0.1) is 0 Å². The largest absolute Gasteiger partial charge is 0.492 e. The lowest BCUT2D eigenvalue weighted by Crippen LogP contribution is -2.45. The second-order valence-corrected chi connectivity index (χ2v) is 5.94. The molecule has 0 aromatic heterocycles. The summed E-state index contributed by atoms with van der Waals surface area (Å²) in [5, 5.41) is 4.33. The van der Waals surface area contributed by atoms with Crippen molar-refractivity contribution in [2.75, 3.05) is 32.8 Å². The maximum Gasteiger partial charge on any atom is 0.120 e. The molecule has 1 aromatic rings. The van der Waals surface area contributed by atoms with E-state index in [1.807, 2.05) is 24.3 Å². The Kier molecular flexibility index (Phi) is 4.26. The third-order valence-corrected chi connectivity index (χ3v) is 4.45. The number of rotatable bonds is 4. The zero-order valence-electron chi connectivity index (χ0n) is 11.1. The lowest BCUT2D eigenvalue weighted by molar-refractivity contribution is 0.138. The van der Waals surface area contributed by atoms with Gasteiger partial charge in [-0.3, -0.25) is 4.90 Å². The first-order valence-corrected chi connectivity index (χ1v) is 7.53. The second-order valence-electron chi connectivity index (χ2n) is 5.50. The lowest BCUT2D eigenvalue weighted by Gasteiger charge is -2.34. The Balaban J connectivity index is 1.43. The molecule has 0 radical (unpaired) electrons. The van der Waals surface area contributed by atoms with E-state index in [2.05, 4.69) is 10.2 Å². The monoisotopic (exact) mass is 280 g/mol. The van der Waals surface area contributed by atoms with E-state index in [1.54, 1.807) is 0 Å². The Bertz CT molecular complexity index is 426. The number of likely N-dealkylation sites (tertiary alicyclic amines) is 1. The Morgan fingerprint density at radius 1 is 1.37 bits per heavy atom. The van der Waals surface area contributed by atoms with E-state index in [9.17, 15) is 0 Å². The van der Waals surface area contributed by atoms with Crippen molar-refractivity contribution in [3.63, 3.8) is 0 Å². The molecule has 2 aliphatic heterocycles. The van der Waals surface area contributed by atoms with E-state index in [4.69, 9.17) is 16.3 Å². The van der Waals surface area contributed by atoms with E-state index < -0.39 is 0 Å². The molecule has 0 aliphatic carbocycles. The molecular weight excluding hydrogens is 260 g/mol. The molecule has 1 N–H and O–H groups in total. The van der Waals surface area contributed by atoms with Crippen LogP contribution in [0.3, 0.4) is 0 Å². The van der Waals surface area contributed by atoms with Crippen LogP contribution in [0.2, 0.25) is 5.02 Å². The van der Waals surface area contributed by atoms with Crippen molar-refractivity contribution in [3.8, 4) is 5.75 Å². The number of halogens is 1. The minimum Gasteiger partial charge on any atom is -0.492 e. The number of piperidine rings is 1. The maximum atomic E-state index is 5.94. The molecular formula is C15H21ClN2O. The Morgan fingerprint density at radius 2 is 2.32 bits per heavy atom. The maximum absolute atomic E-state index is 5.94. The van der Waals surface area contributed by atoms with Gasteiger partial charge in [0, 0.05) is 24.2 Å². The number of benzene rings is 1. The van der Waals surface area contributed by atoms with E-state index in [0.717, 1.165) is 35.9 Å². The molecule has 0 amide bonds. The van der Waals surface area contributed by atoms with Gasteiger partial charge in [-0.05, 0) is 50.0 Å². The van der Waals surface area contributed by atoms with Gasteiger partial charge in [0.15, 0.2) is 0 Å². The summed E-state index contributed by atoms with van der Waals surface area (Å²) in [7, 11) is 0. The fraction of sp³-hybridized carbons (Fsp3) is 0.600. The summed E-state index contributed by atoms with van der Waals surface area (Å²) < 4.78 is 5.76. The van der Waals surface area contributed by atoms with Crippen LogP contribution < -0.4 is 10.1 Å². The summed E-state index contributed by atoms with van der Waals surface area (Å²) in [6.07, 6.45) is 2.61. The molecule has 2 heterocycles. The Hall–Kier alpha value is -0.770. The molecule has 0 saturated carbocycles. The third-order valence-electron chi connectivity index (χ3n) is 4.21. The van der Waals surface area contributed by atoms with Gasteiger partial charge >= 0.3 is 0 Å². The standard InChI is InChI=1S/C15H21ClN2O/c16-13-2-1-3-14(10-13)19-9-8-18-7-5-15-12(11-18)4-6-17-15/h1-3,10,12,15,17H,4-9,11H2. The van der Waals surface area contributed by atoms with Crippen molar-refractivity contribution in [1.29, 1.82) is 0 Å². The molecule has 4 heteroatoms. The molecule has 3 nitrogen and oxygen atoms in total. The van der Waals surface area contributed by atoms with Crippen LogP contribution in [-0.4, -0.2) is 43.7 Å². The highest BCUT2D eigenvalue weighted by Gasteiger charge is 2.32. The van der Waals surface area contributed by atoms with Crippen molar-refractivity contribution in [2.45, 2.75) is 18.9 Å². The molecule has 2 fully saturated rings. The van der Waals surface area contributed by atoms with Crippen LogP contribution in [0.25, 0.3) is 0 Å². The fourth-order valence-electron chi connectivity index (χ4n) is 3.18. The van der Waals surface area contributed by atoms with Gasteiger partial charge < -0.3 is 10.1 Å². The predicted octanol–water partition coefficient (Wildman–Crippen LogP) is 2.40. The number of ether oxygens (including phenoxy) is 1. The Labute approximate surface area is 119 Å². The van der Waals surface area contributed by atoms with Crippen molar-refractivity contribution >= 4 is 11.6 Å². The van der Waals surface area contributed by atoms with Gasteiger partial charge in [0.25, 0.3) is 0 Å². The molecule has 19 heavy (non-hydrogen) atoms. The molecule has 0 bridgehead atoms. The van der Waals surface area contributed by atoms with Crippen molar-refractivity contribution < 1.29 is 4.74 Å². The van der Waals surface area contributed by atoms with Gasteiger partial charge in [-0.25, -0.2) is 0 Å². The molecule has 1 aromatic carbocycles. The minimum atomic E-state index is 0.732. The van der Waals surface area contributed by atoms with Gasteiger partial charge in [0.1, 0.15) is 12.4 Å². The van der Waals surface area contributed by atoms with Gasteiger partial charge in [0.05, 0.1) is 0 Å². The van der Waals surface area contributed by atoms with Crippen LogP contribution in [0.5, 0.6) is 5.75 Å². The van der Waals surface area contributed by atoms with E-state index in [0.29, 0.717) is 0 Å². The summed E-state index contributed by atoms with van der Waals surface area (Å²) >= 11 is 5.94. The van der Waals surface area contributed by atoms with Gasteiger partial charge in [0.2, 0.25) is 0 Å². The smallest absolute Gasteiger partial charge is 0.120 e. The normalized spacial score (nSPS) is 27.2. The first-order valence-electron chi connectivity index (χ1n) is 7.15. The molecule has 2 aliphatic rings. The van der Waals surface area contributed by atoms with Crippen LogP contribution >= 0.6 is 11.6 Å². The lowest BCUT2D eigenvalue weighted by atomic mass is 9.93. The highest BCUT2D eigenvalue weighted by molar-refractivity contribution is 6.30. The topological polar surface area (TPSA) is 24.5 Å². The molecule has 0 spiro atoms. The predicted molar refractivity (Wildman–Crippen MR) is 77.9 cm³/mol. The SMILES string of the molecule is Clc1cccc(OCCN2CCC3NCCC3C2)c1. The Morgan fingerprint density at radius 3 is 3.21 bits per heavy atom. The van der Waals surface area contributed by atoms with Crippen molar-refractivity contribution in [3.05, 3.63) is 29.3 Å². The summed E-state index contributed by atoms with van der Waals surface area (Å²) in [6, 6.07) is 8.39. The summed E-state index contributed by atoms with van der Waals surface area (Å²) in [5.74, 6) is 1.71. The zero-order chi connectivity index (χ0) is 13.1. The van der Waals surface area contributed by atoms with Gasteiger partial charge in [-0.1, -0.05) is 17.7 Å². The second kappa shape index (κ2) is 6.12. The molecule has 2 unspecified atom stereocenters. The van der Waals surface area contributed by atoms with Gasteiger partial charge in [-0.2, -0.15) is 0 Å². The third kappa shape index (κ3) is 3.41. The van der Waals surface area contributed by atoms with Crippen LogP contribution in [0.4, 0.5) is 0 Å². The number of hydrogen-bond donors (Lipinski definition) is 1. The minimum absolute atomic E-state index is 0.732. The average Bonchev–Trinajstić information content (AvgIpc) is 2.86. The van der Waals surface area contributed by atoms with Crippen LogP contribution in [-0.2, 0) is 0 Å². The summed E-state index contributed by atoms with van der Waals surface area (Å²) in [6.45, 7) is 5.35. The summed E-state index contributed by atoms with van der Waals surface area (Å²) in [4.78, 5) is 2.53. The molecule has 2 atom stereocenters. The number of fused-ring (bicyclic) bond motifs is 1. The molecule has 104 valence electrons. The fourth-order valence-corrected chi connectivity index (χ4v) is 3.36. The van der Waals surface area contributed by atoms with Crippen LogP contribution in [0.1, 0.15) is 12.8 Å². The number of nitrogens with one attached hydrogen (secondary N) is 1. The first kappa shape index (κ1) is 13.2. The van der Waals surface area contributed by atoms with Crippen LogP contribution in [0, 0.1) is 5.92 Å². The van der Waals surface area contributed by atoms with E-state index >= 15 is 0 Å². The van der Waals surface area contributed by atoms with Crippen molar-refractivity contribution in [1.82, 2.24) is 10.2 Å². The van der Waals surface area contributed by atoms with E-state index in [-0.39, 0.29) is 0 Å². The van der Waals surface area contributed by atoms with Crippen molar-refractivity contribution in [2.24, 2.45) is 5.92 Å². The molecule has 3 rings (SSSR count). The number of nitrogens with zero attached hydrogens (tertiary/aromatic N) is 1. The average molecular weight is 281 g/mol.